The highest BCUT2D eigenvalue weighted by atomic mass is 32.1. The molecule has 0 saturated carbocycles. The Hall–Kier alpha value is -1.23. The summed E-state index contributed by atoms with van der Waals surface area (Å²) >= 11 is 4.95. The van der Waals surface area contributed by atoms with Gasteiger partial charge in [-0.05, 0) is 12.8 Å². The first-order valence-electron chi connectivity index (χ1n) is 5.70. The Balaban J connectivity index is 2.40. The normalized spacial score (nSPS) is 11.3. The first kappa shape index (κ1) is 14.8. The van der Waals surface area contributed by atoms with Gasteiger partial charge in [0.1, 0.15) is 17.4 Å². The quantitative estimate of drug-likeness (QED) is 0.637. The molecule has 1 aromatic carbocycles. The molecule has 100 valence electrons. The monoisotopic (exact) mass is 273 g/mol. The number of hydrogen-bond acceptors (Lipinski definition) is 2. The Morgan fingerprint density at radius 2 is 1.83 bits per heavy atom. The Bertz CT molecular complexity index is 415. The zero-order valence-corrected chi connectivity index (χ0v) is 11.3. The maximum absolute atomic E-state index is 12.9. The highest BCUT2D eigenvalue weighted by Gasteiger charge is 2.20. The Morgan fingerprint density at radius 1 is 1.28 bits per heavy atom. The van der Waals surface area contributed by atoms with E-state index in [0.717, 1.165) is 24.6 Å². The van der Waals surface area contributed by atoms with Crippen molar-refractivity contribution in [2.45, 2.75) is 26.7 Å². The smallest absolute Gasteiger partial charge is 0.129 e. The molecule has 1 rings (SSSR count). The summed E-state index contributed by atoms with van der Waals surface area (Å²) in [7, 11) is 0. The number of rotatable bonds is 6. The summed E-state index contributed by atoms with van der Waals surface area (Å²) in [5.41, 5.74) is 5.36. The van der Waals surface area contributed by atoms with Gasteiger partial charge in [0.25, 0.3) is 0 Å². The van der Waals surface area contributed by atoms with E-state index in [-0.39, 0.29) is 11.2 Å². The van der Waals surface area contributed by atoms with E-state index in [1.165, 1.54) is 0 Å². The third-order valence-corrected chi connectivity index (χ3v) is 3.27. The van der Waals surface area contributed by atoms with Crippen LogP contribution in [0.2, 0.25) is 0 Å². The zero-order valence-electron chi connectivity index (χ0n) is 10.5. The molecule has 0 heterocycles. The van der Waals surface area contributed by atoms with Crippen LogP contribution >= 0.6 is 12.2 Å². The molecule has 0 bridgehead atoms. The maximum Gasteiger partial charge on any atom is 0.129 e. The molecular weight excluding hydrogens is 256 g/mol. The van der Waals surface area contributed by atoms with Crippen LogP contribution in [0, 0.1) is 17.0 Å². The molecular formula is C13H17F2NOS. The molecule has 2 N–H and O–H groups in total. The standard InChI is InChI=1S/C13H17F2NOS/c1-13(2,12(16)18)4-3-5-17-11-7-9(14)6-10(15)8-11/h6-8H,3-5H2,1-2H3,(H2,16,18). The summed E-state index contributed by atoms with van der Waals surface area (Å²) in [6.07, 6.45) is 1.47. The van der Waals surface area contributed by atoms with Gasteiger partial charge < -0.3 is 10.5 Å². The van der Waals surface area contributed by atoms with Crippen molar-refractivity contribution >= 4 is 17.2 Å². The number of thiocarbonyl (C=S) groups is 1. The van der Waals surface area contributed by atoms with E-state index in [4.69, 9.17) is 22.7 Å². The van der Waals surface area contributed by atoms with Crippen LogP contribution in [0.4, 0.5) is 8.78 Å². The lowest BCUT2D eigenvalue weighted by Gasteiger charge is -2.22. The van der Waals surface area contributed by atoms with Crippen LogP contribution in [0.3, 0.4) is 0 Å². The Labute approximate surface area is 111 Å². The largest absolute Gasteiger partial charge is 0.493 e. The molecule has 5 heteroatoms. The summed E-state index contributed by atoms with van der Waals surface area (Å²) < 4.78 is 31.0. The minimum Gasteiger partial charge on any atom is -0.493 e. The van der Waals surface area contributed by atoms with Crippen LogP contribution in [0.5, 0.6) is 5.75 Å². The van der Waals surface area contributed by atoms with Crippen LogP contribution < -0.4 is 10.5 Å². The molecule has 2 nitrogen and oxygen atoms in total. The van der Waals surface area contributed by atoms with Gasteiger partial charge in [0.2, 0.25) is 0 Å². The van der Waals surface area contributed by atoms with Gasteiger partial charge in [-0.3, -0.25) is 0 Å². The second kappa shape index (κ2) is 6.09. The lowest BCUT2D eigenvalue weighted by molar-refractivity contribution is 0.285. The number of hydrogen-bond donors (Lipinski definition) is 1. The van der Waals surface area contributed by atoms with Crippen LogP contribution in [-0.2, 0) is 0 Å². The van der Waals surface area contributed by atoms with Crippen molar-refractivity contribution in [3.8, 4) is 5.75 Å². The van der Waals surface area contributed by atoms with Gasteiger partial charge in [0.05, 0.1) is 11.6 Å². The second-order valence-electron chi connectivity index (χ2n) is 4.81. The molecule has 0 aliphatic heterocycles. The number of benzene rings is 1. The summed E-state index contributed by atoms with van der Waals surface area (Å²) in [4.78, 5) is 0.458. The molecule has 0 saturated heterocycles. The Kier molecular flexibility index (Phi) is 5.02. The topological polar surface area (TPSA) is 35.2 Å². The van der Waals surface area contributed by atoms with Crippen LogP contribution in [-0.4, -0.2) is 11.6 Å². The van der Waals surface area contributed by atoms with Crippen molar-refractivity contribution in [1.29, 1.82) is 0 Å². The minimum atomic E-state index is -0.645. The van der Waals surface area contributed by atoms with Gasteiger partial charge in [-0.15, -0.1) is 0 Å². The highest BCUT2D eigenvalue weighted by molar-refractivity contribution is 7.80. The fourth-order valence-corrected chi connectivity index (χ4v) is 1.54. The third-order valence-electron chi connectivity index (χ3n) is 2.72. The molecule has 0 aliphatic carbocycles. The van der Waals surface area contributed by atoms with E-state index in [1.54, 1.807) is 0 Å². The van der Waals surface area contributed by atoms with E-state index >= 15 is 0 Å². The van der Waals surface area contributed by atoms with Crippen molar-refractivity contribution < 1.29 is 13.5 Å². The molecule has 0 aromatic heterocycles. The molecule has 0 atom stereocenters. The average Bonchev–Trinajstić information content (AvgIpc) is 2.23. The van der Waals surface area contributed by atoms with E-state index in [9.17, 15) is 8.78 Å². The van der Waals surface area contributed by atoms with Gasteiger partial charge in [0, 0.05) is 23.6 Å². The van der Waals surface area contributed by atoms with Gasteiger partial charge in [-0.1, -0.05) is 26.1 Å². The van der Waals surface area contributed by atoms with Gasteiger partial charge >= 0.3 is 0 Å². The van der Waals surface area contributed by atoms with E-state index in [1.807, 2.05) is 13.8 Å². The average molecular weight is 273 g/mol. The molecule has 0 fully saturated rings. The fraction of sp³-hybridized carbons (Fsp3) is 0.462. The second-order valence-corrected chi connectivity index (χ2v) is 5.25. The van der Waals surface area contributed by atoms with Crippen LogP contribution in [0.1, 0.15) is 26.7 Å². The van der Waals surface area contributed by atoms with Crippen molar-refractivity contribution in [2.24, 2.45) is 11.1 Å². The fourth-order valence-electron chi connectivity index (χ4n) is 1.44. The van der Waals surface area contributed by atoms with Gasteiger partial charge in [0.15, 0.2) is 0 Å². The number of nitrogens with two attached hydrogens (primary N) is 1. The van der Waals surface area contributed by atoms with Crippen molar-refractivity contribution in [3.63, 3.8) is 0 Å². The summed E-state index contributed by atoms with van der Waals surface area (Å²) in [5.74, 6) is -1.09. The third kappa shape index (κ3) is 4.56. The predicted octanol–water partition coefficient (Wildman–Crippen LogP) is 3.44. The summed E-state index contributed by atoms with van der Waals surface area (Å²) in [6, 6.07) is 3.12. The van der Waals surface area contributed by atoms with Crippen molar-refractivity contribution in [2.75, 3.05) is 6.61 Å². The molecule has 0 aliphatic rings. The molecule has 0 radical (unpaired) electrons. The first-order chi connectivity index (χ1) is 8.31. The molecule has 0 spiro atoms. The molecule has 18 heavy (non-hydrogen) atoms. The summed E-state index contributed by atoms with van der Waals surface area (Å²) in [6.45, 7) is 4.28. The zero-order chi connectivity index (χ0) is 13.8. The van der Waals surface area contributed by atoms with Gasteiger partial charge in [-0.2, -0.15) is 0 Å². The number of ether oxygens (including phenoxy) is 1. The molecule has 0 unspecified atom stereocenters. The van der Waals surface area contributed by atoms with E-state index < -0.39 is 11.6 Å². The SMILES string of the molecule is CC(C)(CCCOc1cc(F)cc(F)c1)C(N)=S. The molecule has 0 amide bonds. The Morgan fingerprint density at radius 3 is 2.33 bits per heavy atom. The lowest BCUT2D eigenvalue weighted by atomic mass is 9.88. The van der Waals surface area contributed by atoms with Gasteiger partial charge in [-0.25, -0.2) is 8.78 Å². The summed E-state index contributed by atoms with van der Waals surface area (Å²) in [5, 5.41) is 0. The van der Waals surface area contributed by atoms with Crippen LogP contribution in [0.25, 0.3) is 0 Å². The van der Waals surface area contributed by atoms with Crippen molar-refractivity contribution in [1.82, 2.24) is 0 Å². The van der Waals surface area contributed by atoms with Crippen molar-refractivity contribution in [3.05, 3.63) is 29.8 Å². The lowest BCUT2D eigenvalue weighted by Crippen LogP contribution is -2.30. The maximum atomic E-state index is 12.9. The predicted molar refractivity (Wildman–Crippen MR) is 71.7 cm³/mol. The minimum absolute atomic E-state index is 0.195. The first-order valence-corrected chi connectivity index (χ1v) is 6.11. The van der Waals surface area contributed by atoms with E-state index in [0.29, 0.717) is 18.0 Å². The highest BCUT2D eigenvalue weighted by Crippen LogP contribution is 2.23. The molecule has 1 aromatic rings. The number of halogens is 2. The van der Waals surface area contributed by atoms with Crippen LogP contribution in [0.15, 0.2) is 18.2 Å². The van der Waals surface area contributed by atoms with E-state index in [2.05, 4.69) is 0 Å².